The van der Waals surface area contributed by atoms with Gasteiger partial charge in [-0.2, -0.15) is 8.42 Å². The van der Waals surface area contributed by atoms with E-state index < -0.39 is 22.4 Å². The quantitative estimate of drug-likeness (QED) is 0.702. The maximum absolute atomic E-state index is 11.0. The second-order valence-electron chi connectivity index (χ2n) is 4.28. The monoisotopic (exact) mass is 235 g/mol. The van der Waals surface area contributed by atoms with Gasteiger partial charge in [-0.3, -0.25) is 4.90 Å². The fraction of sp³-hybridized carbons (Fsp3) is 0.875. The smallest absolute Gasteiger partial charge is 0.409 e. The van der Waals surface area contributed by atoms with Crippen molar-refractivity contribution in [1.29, 1.82) is 0 Å². The summed E-state index contributed by atoms with van der Waals surface area (Å²) in [5, 5.41) is 8.80. The van der Waals surface area contributed by atoms with Gasteiger partial charge < -0.3 is 5.11 Å². The highest BCUT2D eigenvalue weighted by Gasteiger charge is 2.60. The molecule has 2 aliphatic rings. The molecule has 15 heavy (non-hydrogen) atoms. The maximum atomic E-state index is 11.0. The third-order valence-electron chi connectivity index (χ3n) is 3.15. The minimum Gasteiger partial charge on any atom is -0.465 e. The Labute approximate surface area is 87.9 Å². The van der Waals surface area contributed by atoms with E-state index in [-0.39, 0.29) is 5.41 Å². The van der Waals surface area contributed by atoms with E-state index in [1.807, 2.05) is 0 Å². The van der Waals surface area contributed by atoms with Crippen molar-refractivity contribution in [3.63, 3.8) is 0 Å². The lowest BCUT2D eigenvalue weighted by Crippen LogP contribution is -2.69. The number of nitrogens with zero attached hydrogens (tertiary/aromatic N) is 1. The molecule has 1 amide bonds. The highest BCUT2D eigenvalue weighted by molar-refractivity contribution is 7.86. The first-order chi connectivity index (χ1) is 6.84. The molecule has 1 N–H and O–H groups in total. The van der Waals surface area contributed by atoms with Crippen molar-refractivity contribution in [3.8, 4) is 0 Å². The van der Waals surface area contributed by atoms with Crippen LogP contribution >= 0.6 is 0 Å². The Morgan fingerprint density at radius 3 is 2.47 bits per heavy atom. The Morgan fingerprint density at radius 2 is 2.13 bits per heavy atom. The Bertz CT molecular complexity index is 386. The molecule has 1 aliphatic heterocycles. The van der Waals surface area contributed by atoms with E-state index in [1.54, 1.807) is 0 Å². The number of carbonyl (C=O) groups is 1. The molecule has 0 bridgehead atoms. The van der Waals surface area contributed by atoms with Crippen LogP contribution in [0.3, 0.4) is 0 Å². The van der Waals surface area contributed by atoms with Crippen LogP contribution in [0.4, 0.5) is 4.79 Å². The fourth-order valence-corrected chi connectivity index (χ4v) is 2.88. The molecule has 1 aliphatic carbocycles. The molecular weight excluding hydrogens is 222 g/mol. The van der Waals surface area contributed by atoms with Gasteiger partial charge in [-0.05, 0) is 12.8 Å². The topological polar surface area (TPSA) is 83.9 Å². The van der Waals surface area contributed by atoms with Gasteiger partial charge in [0.15, 0.2) is 6.23 Å². The van der Waals surface area contributed by atoms with E-state index in [9.17, 15) is 13.2 Å². The average molecular weight is 235 g/mol. The van der Waals surface area contributed by atoms with Gasteiger partial charge >= 0.3 is 6.09 Å². The molecule has 86 valence electrons. The summed E-state index contributed by atoms with van der Waals surface area (Å²) in [5.41, 5.74) is -0.235. The van der Waals surface area contributed by atoms with Gasteiger partial charge in [0, 0.05) is 12.0 Å². The van der Waals surface area contributed by atoms with Crippen LogP contribution < -0.4 is 0 Å². The van der Waals surface area contributed by atoms with E-state index in [0.29, 0.717) is 6.54 Å². The molecule has 1 saturated heterocycles. The first-order valence-electron chi connectivity index (χ1n) is 4.72. The lowest BCUT2D eigenvalue weighted by atomic mass is 9.62. The van der Waals surface area contributed by atoms with E-state index in [4.69, 9.17) is 9.29 Å². The summed E-state index contributed by atoms with van der Waals surface area (Å²) >= 11 is 0. The van der Waals surface area contributed by atoms with Crippen molar-refractivity contribution in [2.45, 2.75) is 25.5 Å². The molecule has 7 heteroatoms. The zero-order valence-corrected chi connectivity index (χ0v) is 9.16. The Kier molecular flexibility index (Phi) is 2.20. The van der Waals surface area contributed by atoms with Crippen LogP contribution in [-0.2, 0) is 14.3 Å². The van der Waals surface area contributed by atoms with Crippen LogP contribution in [0.25, 0.3) is 0 Å². The minimum absolute atomic E-state index is 0.235. The molecule has 1 spiro atoms. The first-order valence-corrected chi connectivity index (χ1v) is 6.54. The van der Waals surface area contributed by atoms with Crippen molar-refractivity contribution >= 4 is 16.2 Å². The molecule has 0 aromatic heterocycles. The van der Waals surface area contributed by atoms with E-state index in [1.165, 1.54) is 0 Å². The zero-order chi connectivity index (χ0) is 11.3. The molecule has 1 saturated carbocycles. The van der Waals surface area contributed by atoms with Crippen molar-refractivity contribution in [1.82, 2.24) is 4.90 Å². The van der Waals surface area contributed by atoms with Crippen molar-refractivity contribution in [2.75, 3.05) is 12.8 Å². The third kappa shape index (κ3) is 1.69. The normalized spacial score (nSPS) is 28.3. The highest BCUT2D eigenvalue weighted by atomic mass is 32.2. The van der Waals surface area contributed by atoms with E-state index >= 15 is 0 Å². The van der Waals surface area contributed by atoms with Gasteiger partial charge in [-0.1, -0.05) is 6.42 Å². The summed E-state index contributed by atoms with van der Waals surface area (Å²) in [7, 11) is -3.60. The van der Waals surface area contributed by atoms with Gasteiger partial charge in [-0.25, -0.2) is 8.98 Å². The van der Waals surface area contributed by atoms with Gasteiger partial charge in [0.2, 0.25) is 0 Å². The van der Waals surface area contributed by atoms with Crippen LogP contribution in [0.2, 0.25) is 0 Å². The summed E-state index contributed by atoms with van der Waals surface area (Å²) < 4.78 is 26.8. The van der Waals surface area contributed by atoms with Gasteiger partial charge in [0.05, 0.1) is 6.26 Å². The van der Waals surface area contributed by atoms with Crippen LogP contribution in [0.15, 0.2) is 0 Å². The van der Waals surface area contributed by atoms with E-state index in [2.05, 4.69) is 0 Å². The largest absolute Gasteiger partial charge is 0.465 e. The Morgan fingerprint density at radius 1 is 1.53 bits per heavy atom. The average Bonchev–Trinajstić information content (AvgIpc) is 1.93. The molecule has 6 nitrogen and oxygen atoms in total. The SMILES string of the molecule is CS(=O)(=O)OC1N(C(=O)O)CC12CCC2. The number of hydrogen-bond donors (Lipinski definition) is 1. The molecule has 1 unspecified atom stereocenters. The van der Waals surface area contributed by atoms with Crippen molar-refractivity contribution in [3.05, 3.63) is 0 Å². The number of hydrogen-bond acceptors (Lipinski definition) is 4. The maximum Gasteiger partial charge on any atom is 0.409 e. The summed E-state index contributed by atoms with van der Waals surface area (Å²) in [4.78, 5) is 11.8. The van der Waals surface area contributed by atoms with E-state index in [0.717, 1.165) is 30.4 Å². The molecule has 0 aromatic carbocycles. The molecule has 0 aromatic rings. The molecular formula is C8H13NO5S. The summed E-state index contributed by atoms with van der Waals surface area (Å²) in [5.74, 6) is 0. The van der Waals surface area contributed by atoms with Crippen LogP contribution in [0.1, 0.15) is 19.3 Å². The predicted molar refractivity (Wildman–Crippen MR) is 50.7 cm³/mol. The fourth-order valence-electron chi connectivity index (χ4n) is 2.24. The van der Waals surface area contributed by atoms with Gasteiger partial charge in [-0.15, -0.1) is 0 Å². The Balaban J connectivity index is 2.12. The van der Waals surface area contributed by atoms with Crippen LogP contribution in [0, 0.1) is 5.41 Å². The lowest BCUT2D eigenvalue weighted by molar-refractivity contribution is -0.191. The van der Waals surface area contributed by atoms with Gasteiger partial charge in [0.25, 0.3) is 10.1 Å². The summed E-state index contributed by atoms with van der Waals surface area (Å²) in [6.45, 7) is 0.391. The summed E-state index contributed by atoms with van der Waals surface area (Å²) in [6.07, 6.45) is 1.71. The molecule has 1 heterocycles. The Hall–Kier alpha value is -0.820. The van der Waals surface area contributed by atoms with Crippen LogP contribution in [-0.4, -0.2) is 43.5 Å². The molecule has 1 atom stereocenters. The second-order valence-corrected chi connectivity index (χ2v) is 5.88. The summed E-state index contributed by atoms with van der Waals surface area (Å²) in [6, 6.07) is 0. The molecule has 2 fully saturated rings. The predicted octanol–water partition coefficient (Wildman–Crippen LogP) is 0.453. The van der Waals surface area contributed by atoms with Gasteiger partial charge in [0.1, 0.15) is 0 Å². The molecule has 2 rings (SSSR count). The molecule has 0 radical (unpaired) electrons. The first kappa shape index (κ1) is 10.7. The second kappa shape index (κ2) is 3.08. The van der Waals surface area contributed by atoms with Crippen molar-refractivity contribution < 1.29 is 22.5 Å². The number of amides is 1. The standard InChI is InChI=1S/C8H13NO5S/c1-15(12,13)14-6-8(3-2-4-8)5-9(6)7(10)11/h6H,2-5H2,1H3,(H,10,11). The van der Waals surface area contributed by atoms with Crippen molar-refractivity contribution in [2.24, 2.45) is 5.41 Å². The minimum atomic E-state index is -3.60. The number of carboxylic acid groups (broad SMARTS) is 1. The third-order valence-corrected chi connectivity index (χ3v) is 3.69. The van der Waals surface area contributed by atoms with Crippen LogP contribution in [0.5, 0.6) is 0 Å². The number of rotatable bonds is 2. The highest BCUT2D eigenvalue weighted by Crippen LogP contribution is 2.53. The zero-order valence-electron chi connectivity index (χ0n) is 8.34. The number of likely N-dealkylation sites (tertiary alicyclic amines) is 1. The lowest BCUT2D eigenvalue weighted by Gasteiger charge is -2.59.